The molecule has 1 atom stereocenters. The summed E-state index contributed by atoms with van der Waals surface area (Å²) in [5.74, 6) is -1.73. The molecule has 0 aliphatic heterocycles. The van der Waals surface area contributed by atoms with Crippen LogP contribution in [0.25, 0.3) is 0 Å². The maximum atomic E-state index is 11.6. The van der Waals surface area contributed by atoms with Gasteiger partial charge in [-0.3, -0.25) is 4.79 Å². The van der Waals surface area contributed by atoms with Gasteiger partial charge in [0.1, 0.15) is 6.61 Å². The molecular weight excluding hydrogens is 286 g/mol. The predicted molar refractivity (Wildman–Crippen MR) is 72.7 cm³/mol. The molecule has 0 spiro atoms. The van der Waals surface area contributed by atoms with Gasteiger partial charge in [-0.15, -0.1) is 0 Å². The summed E-state index contributed by atoms with van der Waals surface area (Å²) in [7, 11) is 1.52. The largest absolute Gasteiger partial charge is 0.479 e. The fraction of sp³-hybridized carbons (Fsp3) is 0.385. The van der Waals surface area contributed by atoms with E-state index in [-0.39, 0.29) is 18.2 Å². The molecule has 110 valence electrons. The van der Waals surface area contributed by atoms with E-state index < -0.39 is 17.9 Å². The Bertz CT molecular complexity index is 466. The van der Waals surface area contributed by atoms with Crippen molar-refractivity contribution in [3.8, 4) is 0 Å². The van der Waals surface area contributed by atoms with Crippen LogP contribution in [0, 0.1) is 0 Å². The molecule has 6 nitrogen and oxygen atoms in total. The Kier molecular flexibility index (Phi) is 7.00. The summed E-state index contributed by atoms with van der Waals surface area (Å²) in [4.78, 5) is 22.9. The first-order valence-corrected chi connectivity index (χ1v) is 6.27. The fourth-order valence-corrected chi connectivity index (χ4v) is 1.74. The lowest BCUT2D eigenvalue weighted by Gasteiger charge is -2.16. The summed E-state index contributed by atoms with van der Waals surface area (Å²) in [6.45, 7) is 0.380. The summed E-state index contributed by atoms with van der Waals surface area (Å²) in [6, 6.07) is 5.24. The highest BCUT2D eigenvalue weighted by Crippen LogP contribution is 2.22. The molecule has 0 bridgehead atoms. The molecule has 2 N–H and O–H groups in total. The van der Waals surface area contributed by atoms with Crippen LogP contribution in [0.4, 0.5) is 0 Å². The lowest BCUT2D eigenvalue weighted by molar-refractivity contribution is -0.142. The third-order valence-electron chi connectivity index (χ3n) is 2.43. The van der Waals surface area contributed by atoms with Crippen LogP contribution >= 0.6 is 11.6 Å². The summed E-state index contributed by atoms with van der Waals surface area (Å²) in [5, 5.41) is 11.8. The number of carbonyl (C=O) groups excluding carboxylic acids is 1. The first-order chi connectivity index (χ1) is 9.56. The number of ether oxygens (including phenoxy) is 2. The molecule has 1 rings (SSSR count). The van der Waals surface area contributed by atoms with Gasteiger partial charge in [0.2, 0.25) is 5.91 Å². The lowest BCUT2D eigenvalue weighted by atomic mass is 10.1. The molecule has 0 aliphatic rings. The van der Waals surface area contributed by atoms with Crippen molar-refractivity contribution in [1.29, 1.82) is 0 Å². The van der Waals surface area contributed by atoms with Gasteiger partial charge in [-0.25, -0.2) is 4.79 Å². The SMILES string of the molecule is COCCOCC(=O)N[C@@H](C(=O)O)c1ccccc1Cl. The zero-order valence-electron chi connectivity index (χ0n) is 11.0. The number of benzene rings is 1. The van der Waals surface area contributed by atoms with Gasteiger partial charge in [0.25, 0.3) is 0 Å². The highest BCUT2D eigenvalue weighted by molar-refractivity contribution is 6.31. The summed E-state index contributed by atoms with van der Waals surface area (Å²) in [6.07, 6.45) is 0. The molecule has 7 heteroatoms. The summed E-state index contributed by atoms with van der Waals surface area (Å²) >= 11 is 5.93. The minimum Gasteiger partial charge on any atom is -0.479 e. The van der Waals surface area contributed by atoms with E-state index in [2.05, 4.69) is 5.32 Å². The Hall–Kier alpha value is -1.63. The predicted octanol–water partition coefficient (Wildman–Crippen LogP) is 1.24. The van der Waals surface area contributed by atoms with E-state index in [4.69, 9.17) is 21.1 Å². The molecule has 1 amide bonds. The standard InChI is InChI=1S/C13H16ClNO5/c1-19-6-7-20-8-11(16)15-12(13(17)18)9-4-2-3-5-10(9)14/h2-5,12H,6-8H2,1H3,(H,15,16)(H,17,18)/t12-/m1/s1. The molecule has 0 fully saturated rings. The molecule has 20 heavy (non-hydrogen) atoms. The molecule has 0 heterocycles. The van der Waals surface area contributed by atoms with Crippen LogP contribution in [0.1, 0.15) is 11.6 Å². The molecule has 0 unspecified atom stereocenters. The number of aliphatic carboxylic acids is 1. The lowest BCUT2D eigenvalue weighted by Crippen LogP contribution is -2.36. The van der Waals surface area contributed by atoms with E-state index >= 15 is 0 Å². The van der Waals surface area contributed by atoms with Crippen LogP contribution in [0.15, 0.2) is 24.3 Å². The quantitative estimate of drug-likeness (QED) is 0.706. The number of carboxylic acids is 1. The van der Waals surface area contributed by atoms with Gasteiger partial charge in [0.15, 0.2) is 6.04 Å². The van der Waals surface area contributed by atoms with Crippen molar-refractivity contribution < 1.29 is 24.2 Å². The molecule has 0 radical (unpaired) electrons. The Morgan fingerprint density at radius 3 is 2.65 bits per heavy atom. The number of halogens is 1. The number of amides is 1. The number of methoxy groups -OCH3 is 1. The van der Waals surface area contributed by atoms with E-state index in [9.17, 15) is 14.7 Å². The zero-order chi connectivity index (χ0) is 15.0. The summed E-state index contributed by atoms with van der Waals surface area (Å²) in [5.41, 5.74) is 0.326. The van der Waals surface area contributed by atoms with Gasteiger partial charge in [-0.1, -0.05) is 29.8 Å². The Labute approximate surface area is 121 Å². The van der Waals surface area contributed by atoms with Gasteiger partial charge in [-0.2, -0.15) is 0 Å². The van der Waals surface area contributed by atoms with E-state index in [1.54, 1.807) is 24.3 Å². The van der Waals surface area contributed by atoms with E-state index in [0.717, 1.165) is 0 Å². The number of carboxylic acid groups (broad SMARTS) is 1. The van der Waals surface area contributed by atoms with Crippen molar-refractivity contribution in [1.82, 2.24) is 5.32 Å². The van der Waals surface area contributed by atoms with Crippen molar-refractivity contribution in [2.75, 3.05) is 26.9 Å². The van der Waals surface area contributed by atoms with Crippen LogP contribution in [0.2, 0.25) is 5.02 Å². The van der Waals surface area contributed by atoms with Gasteiger partial charge in [0.05, 0.1) is 13.2 Å². The average Bonchev–Trinajstić information content (AvgIpc) is 2.42. The summed E-state index contributed by atoms with van der Waals surface area (Å²) < 4.78 is 9.78. The van der Waals surface area contributed by atoms with Crippen molar-refractivity contribution >= 4 is 23.5 Å². The van der Waals surface area contributed by atoms with E-state index in [1.165, 1.54) is 7.11 Å². The van der Waals surface area contributed by atoms with Crippen LogP contribution in [0.3, 0.4) is 0 Å². The normalized spacial score (nSPS) is 11.9. The van der Waals surface area contributed by atoms with Gasteiger partial charge < -0.3 is 19.9 Å². The molecular formula is C13H16ClNO5. The minimum atomic E-state index is -1.21. The van der Waals surface area contributed by atoms with Gasteiger partial charge in [0, 0.05) is 17.7 Å². The third-order valence-corrected chi connectivity index (χ3v) is 2.78. The van der Waals surface area contributed by atoms with E-state index in [0.29, 0.717) is 12.2 Å². The highest BCUT2D eigenvalue weighted by Gasteiger charge is 2.23. The average molecular weight is 302 g/mol. The maximum absolute atomic E-state index is 11.6. The third kappa shape index (κ3) is 5.16. The monoisotopic (exact) mass is 301 g/mol. The van der Waals surface area contributed by atoms with Crippen LogP contribution < -0.4 is 5.32 Å². The second-order valence-electron chi connectivity index (χ2n) is 3.91. The molecule has 1 aromatic carbocycles. The Morgan fingerprint density at radius 2 is 2.05 bits per heavy atom. The highest BCUT2D eigenvalue weighted by atomic mass is 35.5. The van der Waals surface area contributed by atoms with Crippen molar-refractivity contribution in [2.24, 2.45) is 0 Å². The second kappa shape index (κ2) is 8.52. The smallest absolute Gasteiger partial charge is 0.330 e. The Balaban J connectivity index is 2.62. The first-order valence-electron chi connectivity index (χ1n) is 5.89. The van der Waals surface area contributed by atoms with Crippen molar-refractivity contribution in [3.63, 3.8) is 0 Å². The second-order valence-corrected chi connectivity index (χ2v) is 4.31. The fourth-order valence-electron chi connectivity index (χ4n) is 1.49. The first kappa shape index (κ1) is 16.4. The number of nitrogens with one attached hydrogen (secondary N) is 1. The Morgan fingerprint density at radius 1 is 1.35 bits per heavy atom. The maximum Gasteiger partial charge on any atom is 0.330 e. The van der Waals surface area contributed by atoms with Crippen molar-refractivity contribution in [2.45, 2.75) is 6.04 Å². The molecule has 1 aromatic rings. The molecule has 0 aromatic heterocycles. The van der Waals surface area contributed by atoms with Gasteiger partial charge in [-0.05, 0) is 6.07 Å². The van der Waals surface area contributed by atoms with E-state index in [1.807, 2.05) is 0 Å². The number of hydrogen-bond acceptors (Lipinski definition) is 4. The van der Waals surface area contributed by atoms with Crippen LogP contribution in [-0.4, -0.2) is 43.9 Å². The van der Waals surface area contributed by atoms with Gasteiger partial charge >= 0.3 is 5.97 Å². The van der Waals surface area contributed by atoms with Crippen molar-refractivity contribution in [3.05, 3.63) is 34.9 Å². The molecule has 0 saturated heterocycles. The molecule has 0 saturated carbocycles. The minimum absolute atomic E-state index is 0.238. The zero-order valence-corrected chi connectivity index (χ0v) is 11.7. The number of hydrogen-bond donors (Lipinski definition) is 2. The van der Waals surface area contributed by atoms with Crippen LogP contribution in [0.5, 0.6) is 0 Å². The topological polar surface area (TPSA) is 84.9 Å². The number of carbonyl (C=O) groups is 2. The van der Waals surface area contributed by atoms with Crippen LogP contribution in [-0.2, 0) is 19.1 Å². The molecule has 0 aliphatic carbocycles. The number of rotatable bonds is 8.